The molecule has 0 heterocycles. The van der Waals surface area contributed by atoms with Crippen LogP contribution in [0.3, 0.4) is 0 Å². The largest absolute Gasteiger partial charge is 0.484 e. The lowest BCUT2D eigenvalue weighted by Crippen LogP contribution is -2.28. The molecule has 0 radical (unpaired) electrons. The number of rotatable bonds is 6. The van der Waals surface area contributed by atoms with Crippen LogP contribution >= 0.6 is 0 Å². The van der Waals surface area contributed by atoms with E-state index in [1.807, 2.05) is 24.3 Å². The standard InChI is InChI=1S/C20H23NO4/c1-20(2,3)16-8-10-17(11-9-16)25-13-18(22)21-12-14-4-6-15(7-5-14)19(23)24/h4-11H,12-13H2,1-3H3,(H,21,22)(H,23,24). The first-order valence-corrected chi connectivity index (χ1v) is 8.08. The quantitative estimate of drug-likeness (QED) is 0.844. The zero-order valence-corrected chi connectivity index (χ0v) is 14.7. The maximum absolute atomic E-state index is 11.9. The van der Waals surface area contributed by atoms with Crippen LogP contribution in [-0.2, 0) is 16.8 Å². The van der Waals surface area contributed by atoms with Gasteiger partial charge in [-0.2, -0.15) is 0 Å². The van der Waals surface area contributed by atoms with E-state index in [1.54, 1.807) is 12.1 Å². The molecule has 2 aromatic rings. The van der Waals surface area contributed by atoms with Gasteiger partial charge in [0.1, 0.15) is 5.75 Å². The fourth-order valence-corrected chi connectivity index (χ4v) is 2.22. The van der Waals surface area contributed by atoms with Crippen molar-refractivity contribution in [2.24, 2.45) is 0 Å². The van der Waals surface area contributed by atoms with Crippen LogP contribution in [0.5, 0.6) is 5.75 Å². The molecule has 5 heteroatoms. The summed E-state index contributed by atoms with van der Waals surface area (Å²) < 4.78 is 5.48. The van der Waals surface area contributed by atoms with Crippen LogP contribution in [-0.4, -0.2) is 23.6 Å². The highest BCUT2D eigenvalue weighted by molar-refractivity contribution is 5.87. The lowest BCUT2D eigenvalue weighted by Gasteiger charge is -2.19. The van der Waals surface area contributed by atoms with Gasteiger partial charge in [0, 0.05) is 6.54 Å². The maximum Gasteiger partial charge on any atom is 0.335 e. The SMILES string of the molecule is CC(C)(C)c1ccc(OCC(=O)NCc2ccc(C(=O)O)cc2)cc1. The molecule has 0 aliphatic carbocycles. The molecule has 132 valence electrons. The van der Waals surface area contributed by atoms with Gasteiger partial charge in [0.15, 0.2) is 6.61 Å². The van der Waals surface area contributed by atoms with Crippen LogP contribution in [0.15, 0.2) is 48.5 Å². The number of ether oxygens (including phenoxy) is 1. The first-order chi connectivity index (χ1) is 11.8. The van der Waals surface area contributed by atoms with Gasteiger partial charge < -0.3 is 15.2 Å². The van der Waals surface area contributed by atoms with Crippen LogP contribution in [0.2, 0.25) is 0 Å². The predicted molar refractivity (Wildman–Crippen MR) is 95.9 cm³/mol. The zero-order valence-electron chi connectivity index (χ0n) is 14.7. The van der Waals surface area contributed by atoms with E-state index in [9.17, 15) is 9.59 Å². The molecule has 0 aliphatic rings. The third kappa shape index (κ3) is 5.64. The summed E-state index contributed by atoms with van der Waals surface area (Å²) in [6.45, 7) is 6.67. The van der Waals surface area contributed by atoms with E-state index in [-0.39, 0.29) is 23.5 Å². The van der Waals surface area contributed by atoms with Crippen LogP contribution in [0.4, 0.5) is 0 Å². The molecule has 25 heavy (non-hydrogen) atoms. The Labute approximate surface area is 147 Å². The molecule has 2 rings (SSSR count). The Hall–Kier alpha value is -2.82. The summed E-state index contributed by atoms with van der Waals surface area (Å²) in [6.07, 6.45) is 0. The highest BCUT2D eigenvalue weighted by Gasteiger charge is 2.13. The molecule has 0 bridgehead atoms. The molecule has 0 aromatic heterocycles. The molecule has 0 fully saturated rings. The van der Waals surface area contributed by atoms with Crippen molar-refractivity contribution in [2.75, 3.05) is 6.61 Å². The van der Waals surface area contributed by atoms with E-state index >= 15 is 0 Å². The smallest absolute Gasteiger partial charge is 0.335 e. The predicted octanol–water partition coefficient (Wildman–Crippen LogP) is 3.38. The van der Waals surface area contributed by atoms with Gasteiger partial charge in [0.2, 0.25) is 0 Å². The second kappa shape index (κ2) is 7.83. The van der Waals surface area contributed by atoms with Crippen molar-refractivity contribution in [3.05, 3.63) is 65.2 Å². The Morgan fingerprint density at radius 2 is 1.60 bits per heavy atom. The number of aromatic carboxylic acids is 1. The van der Waals surface area contributed by atoms with Gasteiger partial charge in [-0.05, 0) is 40.8 Å². The lowest BCUT2D eigenvalue weighted by atomic mass is 9.87. The minimum atomic E-state index is -0.971. The number of hydrogen-bond donors (Lipinski definition) is 2. The summed E-state index contributed by atoms with van der Waals surface area (Å²) in [5.41, 5.74) is 2.32. The zero-order chi connectivity index (χ0) is 18.4. The number of benzene rings is 2. The third-order valence-corrected chi connectivity index (χ3v) is 3.78. The summed E-state index contributed by atoms with van der Waals surface area (Å²) in [6, 6.07) is 14.1. The summed E-state index contributed by atoms with van der Waals surface area (Å²) in [7, 11) is 0. The number of carboxylic acid groups (broad SMARTS) is 1. The molecule has 0 aliphatic heterocycles. The second-order valence-corrected chi connectivity index (χ2v) is 6.84. The first kappa shape index (κ1) is 18.5. The molecule has 0 saturated carbocycles. The summed E-state index contributed by atoms with van der Waals surface area (Å²) in [4.78, 5) is 22.6. The van der Waals surface area contributed by atoms with Crippen molar-refractivity contribution >= 4 is 11.9 Å². The van der Waals surface area contributed by atoms with Crippen molar-refractivity contribution < 1.29 is 19.4 Å². The molecule has 0 atom stereocenters. The molecule has 0 spiro atoms. The van der Waals surface area contributed by atoms with Crippen molar-refractivity contribution in [3.8, 4) is 5.75 Å². The normalized spacial score (nSPS) is 11.0. The monoisotopic (exact) mass is 341 g/mol. The molecule has 1 amide bonds. The molecular formula is C20H23NO4. The van der Waals surface area contributed by atoms with E-state index in [4.69, 9.17) is 9.84 Å². The van der Waals surface area contributed by atoms with Gasteiger partial charge >= 0.3 is 5.97 Å². The van der Waals surface area contributed by atoms with E-state index in [0.29, 0.717) is 12.3 Å². The van der Waals surface area contributed by atoms with Crippen LogP contribution in [0.1, 0.15) is 42.3 Å². The highest BCUT2D eigenvalue weighted by Crippen LogP contribution is 2.24. The minimum Gasteiger partial charge on any atom is -0.484 e. The lowest BCUT2D eigenvalue weighted by molar-refractivity contribution is -0.123. The Kier molecular flexibility index (Phi) is 5.80. The van der Waals surface area contributed by atoms with E-state index in [1.165, 1.54) is 17.7 Å². The van der Waals surface area contributed by atoms with Crippen molar-refractivity contribution in [1.82, 2.24) is 5.32 Å². The van der Waals surface area contributed by atoms with Gasteiger partial charge in [-0.3, -0.25) is 4.79 Å². The summed E-state index contributed by atoms with van der Waals surface area (Å²) in [5, 5.41) is 11.6. The Morgan fingerprint density at radius 3 is 2.12 bits per heavy atom. The van der Waals surface area contributed by atoms with Crippen molar-refractivity contribution in [3.63, 3.8) is 0 Å². The molecule has 2 N–H and O–H groups in total. The number of carbonyl (C=O) groups excluding carboxylic acids is 1. The molecule has 5 nitrogen and oxygen atoms in total. The Balaban J connectivity index is 1.79. The van der Waals surface area contributed by atoms with Crippen molar-refractivity contribution in [1.29, 1.82) is 0 Å². The molecule has 0 saturated heterocycles. The van der Waals surface area contributed by atoms with Crippen LogP contribution < -0.4 is 10.1 Å². The van der Waals surface area contributed by atoms with Crippen LogP contribution in [0.25, 0.3) is 0 Å². The number of hydrogen-bond acceptors (Lipinski definition) is 3. The molecule has 2 aromatic carbocycles. The third-order valence-electron chi connectivity index (χ3n) is 3.78. The maximum atomic E-state index is 11.9. The second-order valence-electron chi connectivity index (χ2n) is 6.84. The fraction of sp³-hybridized carbons (Fsp3) is 0.300. The van der Waals surface area contributed by atoms with Gasteiger partial charge in [-0.25, -0.2) is 4.79 Å². The minimum absolute atomic E-state index is 0.0674. The fourth-order valence-electron chi connectivity index (χ4n) is 2.22. The number of nitrogens with one attached hydrogen (secondary N) is 1. The molecule has 0 unspecified atom stereocenters. The molecular weight excluding hydrogens is 318 g/mol. The first-order valence-electron chi connectivity index (χ1n) is 8.08. The van der Waals surface area contributed by atoms with Gasteiger partial charge in [-0.15, -0.1) is 0 Å². The highest BCUT2D eigenvalue weighted by atomic mass is 16.5. The summed E-state index contributed by atoms with van der Waals surface area (Å²) >= 11 is 0. The number of carboxylic acids is 1. The number of carbonyl (C=O) groups is 2. The average molecular weight is 341 g/mol. The average Bonchev–Trinajstić information content (AvgIpc) is 2.58. The van der Waals surface area contributed by atoms with Crippen molar-refractivity contribution in [2.45, 2.75) is 32.7 Å². The van der Waals surface area contributed by atoms with E-state index < -0.39 is 5.97 Å². The Morgan fingerprint density at radius 1 is 1.00 bits per heavy atom. The topological polar surface area (TPSA) is 75.6 Å². The van der Waals surface area contributed by atoms with E-state index in [2.05, 4.69) is 26.1 Å². The van der Waals surface area contributed by atoms with Gasteiger partial charge in [0.25, 0.3) is 5.91 Å². The van der Waals surface area contributed by atoms with Gasteiger partial charge in [-0.1, -0.05) is 45.0 Å². The summed E-state index contributed by atoms with van der Waals surface area (Å²) in [5.74, 6) is -0.558. The van der Waals surface area contributed by atoms with Gasteiger partial charge in [0.05, 0.1) is 5.56 Å². The number of amides is 1. The Bertz CT molecular complexity index is 728. The van der Waals surface area contributed by atoms with Crippen LogP contribution in [0, 0.1) is 0 Å². The van der Waals surface area contributed by atoms with E-state index in [0.717, 1.165) is 5.56 Å².